The second kappa shape index (κ2) is 4.05. The van der Waals surface area contributed by atoms with Gasteiger partial charge in [-0.25, -0.2) is 0 Å². The van der Waals surface area contributed by atoms with E-state index in [1.165, 1.54) is 6.92 Å². The molecule has 0 spiro atoms. The van der Waals surface area contributed by atoms with Crippen molar-refractivity contribution in [2.45, 2.75) is 32.0 Å². The zero-order valence-electron chi connectivity index (χ0n) is 9.21. The molecule has 94 valence electrons. The average Bonchev–Trinajstić information content (AvgIpc) is 2.85. The molecule has 1 aliphatic heterocycles. The van der Waals surface area contributed by atoms with Gasteiger partial charge in [0.25, 0.3) is 0 Å². The van der Waals surface area contributed by atoms with Crippen molar-refractivity contribution in [1.82, 2.24) is 15.1 Å². The number of carbonyl (C=O) groups excluding carboxylic acids is 1. The zero-order chi connectivity index (χ0) is 12.6. The van der Waals surface area contributed by atoms with E-state index in [1.54, 1.807) is 4.90 Å². The van der Waals surface area contributed by atoms with E-state index in [0.29, 0.717) is 18.7 Å². The number of likely N-dealkylation sites (tertiary alicyclic amines) is 1. The number of amides is 1. The molecule has 1 atom stereocenters. The SMILES string of the molecule is CC(=O)N1CCC[C@H]1c1cc(C(F)(F)F)n[nH]1. The van der Waals surface area contributed by atoms with Crippen LogP contribution in [-0.2, 0) is 11.0 Å². The lowest BCUT2D eigenvalue weighted by molar-refractivity contribution is -0.141. The Hall–Kier alpha value is -1.53. The molecule has 1 amide bonds. The Balaban J connectivity index is 2.23. The standard InChI is InChI=1S/C10H12F3N3O/c1-6(17)16-4-2-3-8(16)7-5-9(15-14-7)10(11,12)13/h5,8H,2-4H2,1H3,(H,14,15)/t8-/m0/s1. The molecule has 2 heterocycles. The highest BCUT2D eigenvalue weighted by molar-refractivity contribution is 5.74. The molecule has 1 saturated heterocycles. The van der Waals surface area contributed by atoms with Crippen molar-refractivity contribution in [1.29, 1.82) is 0 Å². The van der Waals surface area contributed by atoms with Crippen molar-refractivity contribution in [3.63, 3.8) is 0 Å². The predicted octanol–water partition coefficient (Wildman–Crippen LogP) is 2.11. The predicted molar refractivity (Wildman–Crippen MR) is 53.0 cm³/mol. The van der Waals surface area contributed by atoms with Crippen molar-refractivity contribution in [2.75, 3.05) is 6.54 Å². The van der Waals surface area contributed by atoms with Gasteiger partial charge in [0.2, 0.25) is 5.91 Å². The van der Waals surface area contributed by atoms with E-state index in [9.17, 15) is 18.0 Å². The van der Waals surface area contributed by atoms with Crippen LogP contribution in [0, 0.1) is 0 Å². The molecule has 0 unspecified atom stereocenters. The van der Waals surface area contributed by atoms with Gasteiger partial charge in [-0.3, -0.25) is 9.89 Å². The van der Waals surface area contributed by atoms with E-state index in [-0.39, 0.29) is 11.9 Å². The van der Waals surface area contributed by atoms with Crippen LogP contribution in [-0.4, -0.2) is 27.5 Å². The first-order valence-electron chi connectivity index (χ1n) is 5.29. The van der Waals surface area contributed by atoms with Gasteiger partial charge >= 0.3 is 6.18 Å². The van der Waals surface area contributed by atoms with Gasteiger partial charge in [-0.15, -0.1) is 0 Å². The largest absolute Gasteiger partial charge is 0.435 e. The normalized spacial score (nSPS) is 20.9. The van der Waals surface area contributed by atoms with Crippen molar-refractivity contribution < 1.29 is 18.0 Å². The average molecular weight is 247 g/mol. The summed E-state index contributed by atoms with van der Waals surface area (Å²) in [5.74, 6) is -0.129. The van der Waals surface area contributed by atoms with Gasteiger partial charge in [0.1, 0.15) is 0 Å². The van der Waals surface area contributed by atoms with Crippen LogP contribution in [0.4, 0.5) is 13.2 Å². The lowest BCUT2D eigenvalue weighted by atomic mass is 10.1. The summed E-state index contributed by atoms with van der Waals surface area (Å²) in [5.41, 5.74) is -0.590. The van der Waals surface area contributed by atoms with Crippen molar-refractivity contribution in [2.24, 2.45) is 0 Å². The highest BCUT2D eigenvalue weighted by Crippen LogP contribution is 2.34. The van der Waals surface area contributed by atoms with Gasteiger partial charge in [-0.2, -0.15) is 18.3 Å². The molecule has 7 heteroatoms. The summed E-state index contributed by atoms with van der Waals surface area (Å²) >= 11 is 0. The maximum atomic E-state index is 12.4. The topological polar surface area (TPSA) is 49.0 Å². The molecule has 1 aromatic heterocycles. The molecular weight excluding hydrogens is 235 g/mol. The van der Waals surface area contributed by atoms with Gasteiger partial charge < -0.3 is 4.90 Å². The number of halogens is 3. The van der Waals surface area contributed by atoms with Gasteiger partial charge in [-0.1, -0.05) is 0 Å². The number of rotatable bonds is 1. The van der Waals surface area contributed by atoms with Crippen LogP contribution in [0.2, 0.25) is 0 Å². The van der Waals surface area contributed by atoms with E-state index in [0.717, 1.165) is 12.5 Å². The van der Waals surface area contributed by atoms with Crippen LogP contribution in [0.15, 0.2) is 6.07 Å². The summed E-state index contributed by atoms with van der Waals surface area (Å²) in [7, 11) is 0. The summed E-state index contributed by atoms with van der Waals surface area (Å²) in [6, 6.07) is 0.669. The monoisotopic (exact) mass is 247 g/mol. The molecule has 0 radical (unpaired) electrons. The Bertz CT molecular complexity index is 427. The number of carbonyl (C=O) groups is 1. The highest BCUT2D eigenvalue weighted by atomic mass is 19.4. The van der Waals surface area contributed by atoms with E-state index in [2.05, 4.69) is 10.2 Å². The van der Waals surface area contributed by atoms with Crippen LogP contribution in [0.3, 0.4) is 0 Å². The minimum Gasteiger partial charge on any atom is -0.334 e. The Morgan fingerprint density at radius 3 is 2.82 bits per heavy atom. The fourth-order valence-electron chi connectivity index (χ4n) is 2.12. The number of hydrogen-bond donors (Lipinski definition) is 1. The van der Waals surface area contributed by atoms with Crippen molar-refractivity contribution in [3.8, 4) is 0 Å². The fourth-order valence-corrected chi connectivity index (χ4v) is 2.12. The summed E-state index contributed by atoms with van der Waals surface area (Å²) < 4.78 is 37.1. The number of hydrogen-bond acceptors (Lipinski definition) is 2. The van der Waals surface area contributed by atoms with Gasteiger partial charge in [0.15, 0.2) is 5.69 Å². The molecule has 1 fully saturated rings. The molecule has 2 rings (SSSR count). The molecule has 1 N–H and O–H groups in total. The summed E-state index contributed by atoms with van der Waals surface area (Å²) in [6.07, 6.45) is -2.99. The minimum atomic E-state index is -4.45. The van der Waals surface area contributed by atoms with Crippen molar-refractivity contribution >= 4 is 5.91 Å². The quantitative estimate of drug-likeness (QED) is 0.826. The van der Waals surface area contributed by atoms with E-state index in [1.807, 2.05) is 0 Å². The zero-order valence-corrected chi connectivity index (χ0v) is 9.21. The molecule has 1 aliphatic rings. The first kappa shape index (κ1) is 11.9. The number of H-pyrrole nitrogens is 1. The Morgan fingerprint density at radius 2 is 2.29 bits per heavy atom. The third kappa shape index (κ3) is 2.27. The molecule has 0 bridgehead atoms. The van der Waals surface area contributed by atoms with E-state index >= 15 is 0 Å². The van der Waals surface area contributed by atoms with Crippen LogP contribution in [0.1, 0.15) is 37.2 Å². The van der Waals surface area contributed by atoms with Crippen molar-refractivity contribution in [3.05, 3.63) is 17.5 Å². The molecule has 4 nitrogen and oxygen atoms in total. The second-order valence-electron chi connectivity index (χ2n) is 4.08. The summed E-state index contributed by atoms with van der Waals surface area (Å²) in [5, 5.41) is 5.61. The number of alkyl halides is 3. The molecular formula is C10H12F3N3O. The number of nitrogens with one attached hydrogen (secondary N) is 1. The minimum absolute atomic E-state index is 0.129. The lowest BCUT2D eigenvalue weighted by Gasteiger charge is -2.21. The number of nitrogens with zero attached hydrogens (tertiary/aromatic N) is 2. The second-order valence-corrected chi connectivity index (χ2v) is 4.08. The van der Waals surface area contributed by atoms with E-state index in [4.69, 9.17) is 0 Å². The van der Waals surface area contributed by atoms with Crippen LogP contribution in [0.25, 0.3) is 0 Å². The molecule has 17 heavy (non-hydrogen) atoms. The number of aromatic amines is 1. The summed E-state index contributed by atoms with van der Waals surface area (Å²) in [4.78, 5) is 12.9. The first-order chi connectivity index (χ1) is 7.89. The first-order valence-corrected chi connectivity index (χ1v) is 5.29. The Morgan fingerprint density at radius 1 is 1.59 bits per heavy atom. The van der Waals surface area contributed by atoms with Gasteiger partial charge in [0, 0.05) is 13.5 Å². The third-order valence-electron chi connectivity index (χ3n) is 2.90. The highest BCUT2D eigenvalue weighted by Gasteiger charge is 2.36. The molecule has 1 aromatic rings. The summed E-state index contributed by atoms with van der Waals surface area (Å²) in [6.45, 7) is 2.00. The smallest absolute Gasteiger partial charge is 0.334 e. The number of aromatic nitrogens is 2. The van der Waals surface area contributed by atoms with Gasteiger partial charge in [-0.05, 0) is 18.9 Å². The van der Waals surface area contributed by atoms with E-state index < -0.39 is 11.9 Å². The van der Waals surface area contributed by atoms with Crippen LogP contribution >= 0.6 is 0 Å². The lowest BCUT2D eigenvalue weighted by Crippen LogP contribution is -2.28. The maximum absolute atomic E-state index is 12.4. The Kier molecular flexibility index (Phi) is 2.84. The van der Waals surface area contributed by atoms with Crippen LogP contribution in [0.5, 0.6) is 0 Å². The maximum Gasteiger partial charge on any atom is 0.435 e. The molecule has 0 aromatic carbocycles. The molecule has 0 aliphatic carbocycles. The third-order valence-corrected chi connectivity index (χ3v) is 2.90. The van der Waals surface area contributed by atoms with Gasteiger partial charge in [0.05, 0.1) is 11.7 Å². The molecule has 0 saturated carbocycles. The Labute approximate surface area is 95.8 Å². The fraction of sp³-hybridized carbons (Fsp3) is 0.600. The van der Waals surface area contributed by atoms with Crippen LogP contribution < -0.4 is 0 Å².